The molecule has 1 saturated carbocycles. The lowest BCUT2D eigenvalue weighted by molar-refractivity contribution is 0.443. The minimum Gasteiger partial charge on any atom is -0.330 e. The molecule has 1 aromatic carbocycles. The van der Waals surface area contributed by atoms with Gasteiger partial charge in [0.15, 0.2) is 0 Å². The van der Waals surface area contributed by atoms with Crippen molar-refractivity contribution in [2.45, 2.75) is 57.3 Å². The van der Waals surface area contributed by atoms with E-state index < -0.39 is 0 Å². The van der Waals surface area contributed by atoms with Gasteiger partial charge in [-0.15, -0.1) is 0 Å². The zero-order valence-electron chi connectivity index (χ0n) is 11.1. The molecular weight excluding hydrogens is 242 g/mol. The van der Waals surface area contributed by atoms with Gasteiger partial charge in [-0.1, -0.05) is 43.0 Å². The molecule has 0 unspecified atom stereocenters. The van der Waals surface area contributed by atoms with Gasteiger partial charge in [-0.3, -0.25) is 0 Å². The van der Waals surface area contributed by atoms with Crippen molar-refractivity contribution in [3.05, 3.63) is 34.3 Å². The zero-order valence-corrected chi connectivity index (χ0v) is 11.9. The average molecular weight is 266 g/mol. The Labute approximate surface area is 116 Å². The van der Waals surface area contributed by atoms with E-state index in [1.165, 1.54) is 43.2 Å². The molecule has 1 fully saturated rings. The predicted octanol–water partition coefficient (Wildman–Crippen LogP) is 4.67. The average Bonchev–Trinajstić information content (AvgIpc) is 2.40. The Hall–Kier alpha value is -0.530. The van der Waals surface area contributed by atoms with Crippen LogP contribution < -0.4 is 5.73 Å². The molecule has 0 atom stereocenters. The quantitative estimate of drug-likeness (QED) is 0.770. The molecule has 1 nitrogen and oxygen atoms in total. The maximum atomic E-state index is 6.45. The van der Waals surface area contributed by atoms with Crippen LogP contribution in [0.25, 0.3) is 0 Å². The monoisotopic (exact) mass is 265 g/mol. The molecule has 1 aliphatic carbocycles. The van der Waals surface area contributed by atoms with Crippen LogP contribution in [0.5, 0.6) is 0 Å². The molecule has 1 aromatic rings. The number of hydrogen-bond donors (Lipinski definition) is 1. The molecule has 0 bridgehead atoms. The molecule has 2 heteroatoms. The standard InChI is InChI=1S/C16H24ClN/c17-16-12-13(6-4-5-11-18)9-10-15(16)14-7-2-1-3-8-14/h9-10,12,14H,1-8,11,18H2. The van der Waals surface area contributed by atoms with Crippen LogP contribution in [0.4, 0.5) is 0 Å². The lowest BCUT2D eigenvalue weighted by Crippen LogP contribution is -2.05. The second-order valence-electron chi connectivity index (χ2n) is 5.44. The van der Waals surface area contributed by atoms with Crippen molar-refractivity contribution < 1.29 is 0 Å². The topological polar surface area (TPSA) is 26.0 Å². The molecule has 0 aromatic heterocycles. The van der Waals surface area contributed by atoms with Gasteiger partial charge < -0.3 is 5.73 Å². The summed E-state index contributed by atoms with van der Waals surface area (Å²) in [5.41, 5.74) is 8.25. The number of rotatable bonds is 5. The molecule has 2 N–H and O–H groups in total. The van der Waals surface area contributed by atoms with Gasteiger partial charge in [0.2, 0.25) is 0 Å². The zero-order chi connectivity index (χ0) is 12.8. The summed E-state index contributed by atoms with van der Waals surface area (Å²) >= 11 is 6.45. The van der Waals surface area contributed by atoms with E-state index in [1.54, 1.807) is 0 Å². The van der Waals surface area contributed by atoms with E-state index in [0.29, 0.717) is 5.92 Å². The highest BCUT2D eigenvalue weighted by atomic mass is 35.5. The summed E-state index contributed by atoms with van der Waals surface area (Å²) in [5.74, 6) is 0.698. The van der Waals surface area contributed by atoms with Crippen molar-refractivity contribution in [2.24, 2.45) is 5.73 Å². The summed E-state index contributed by atoms with van der Waals surface area (Å²) in [5, 5.41) is 0.979. The number of halogens is 1. The number of aryl methyl sites for hydroxylation is 1. The van der Waals surface area contributed by atoms with Gasteiger partial charge in [0, 0.05) is 5.02 Å². The van der Waals surface area contributed by atoms with E-state index in [9.17, 15) is 0 Å². The molecule has 0 aliphatic heterocycles. The Kier molecular flexibility index (Phi) is 5.52. The predicted molar refractivity (Wildman–Crippen MR) is 79.3 cm³/mol. The molecule has 100 valence electrons. The van der Waals surface area contributed by atoms with Crippen molar-refractivity contribution >= 4 is 11.6 Å². The van der Waals surface area contributed by atoms with Crippen LogP contribution in [-0.2, 0) is 6.42 Å². The molecule has 0 radical (unpaired) electrons. The Morgan fingerprint density at radius 2 is 1.89 bits per heavy atom. The third-order valence-corrected chi connectivity index (χ3v) is 4.36. The molecule has 1 aliphatic rings. The van der Waals surface area contributed by atoms with Crippen LogP contribution in [0, 0.1) is 0 Å². The first-order chi connectivity index (χ1) is 8.81. The Balaban J connectivity index is 2.00. The molecule has 0 heterocycles. The lowest BCUT2D eigenvalue weighted by atomic mass is 9.83. The lowest BCUT2D eigenvalue weighted by Gasteiger charge is -2.23. The van der Waals surface area contributed by atoms with Gasteiger partial charge in [-0.05, 0) is 61.8 Å². The molecular formula is C16H24ClN. The molecule has 0 amide bonds. The first kappa shape index (κ1) is 13.9. The molecule has 18 heavy (non-hydrogen) atoms. The van der Waals surface area contributed by atoms with E-state index >= 15 is 0 Å². The normalized spacial score (nSPS) is 17.0. The van der Waals surface area contributed by atoms with Crippen molar-refractivity contribution in [2.75, 3.05) is 6.54 Å². The van der Waals surface area contributed by atoms with Crippen molar-refractivity contribution in [1.29, 1.82) is 0 Å². The smallest absolute Gasteiger partial charge is 0.0443 e. The van der Waals surface area contributed by atoms with Crippen molar-refractivity contribution in [1.82, 2.24) is 0 Å². The Morgan fingerprint density at radius 3 is 2.56 bits per heavy atom. The maximum absolute atomic E-state index is 6.45. The molecule has 0 saturated heterocycles. The molecule has 0 spiro atoms. The highest BCUT2D eigenvalue weighted by Gasteiger charge is 2.17. The largest absolute Gasteiger partial charge is 0.330 e. The van der Waals surface area contributed by atoms with Crippen LogP contribution in [0.3, 0.4) is 0 Å². The first-order valence-corrected chi connectivity index (χ1v) is 7.67. The van der Waals surface area contributed by atoms with E-state index in [-0.39, 0.29) is 0 Å². The number of benzene rings is 1. The number of nitrogens with two attached hydrogens (primary N) is 1. The van der Waals surface area contributed by atoms with Gasteiger partial charge in [0.1, 0.15) is 0 Å². The van der Waals surface area contributed by atoms with E-state index in [1.807, 2.05) is 0 Å². The second-order valence-corrected chi connectivity index (χ2v) is 5.84. The van der Waals surface area contributed by atoms with Crippen LogP contribution in [0.2, 0.25) is 5.02 Å². The van der Waals surface area contributed by atoms with Crippen LogP contribution in [0.1, 0.15) is 62.0 Å². The van der Waals surface area contributed by atoms with E-state index in [4.69, 9.17) is 17.3 Å². The summed E-state index contributed by atoms with van der Waals surface area (Å²) < 4.78 is 0. The van der Waals surface area contributed by atoms with Crippen molar-refractivity contribution in [3.8, 4) is 0 Å². The van der Waals surface area contributed by atoms with Gasteiger partial charge in [-0.2, -0.15) is 0 Å². The summed E-state index contributed by atoms with van der Waals surface area (Å²) in [6.07, 6.45) is 10.1. The fourth-order valence-electron chi connectivity index (χ4n) is 2.94. The Morgan fingerprint density at radius 1 is 1.11 bits per heavy atom. The minimum absolute atomic E-state index is 0.698. The van der Waals surface area contributed by atoms with E-state index in [0.717, 1.165) is 30.8 Å². The third-order valence-electron chi connectivity index (χ3n) is 4.03. The van der Waals surface area contributed by atoms with E-state index in [2.05, 4.69) is 18.2 Å². The fraction of sp³-hybridized carbons (Fsp3) is 0.625. The van der Waals surface area contributed by atoms with Gasteiger partial charge in [-0.25, -0.2) is 0 Å². The summed E-state index contributed by atoms with van der Waals surface area (Å²) in [7, 11) is 0. The van der Waals surface area contributed by atoms with Gasteiger partial charge >= 0.3 is 0 Å². The van der Waals surface area contributed by atoms with Gasteiger partial charge in [0.05, 0.1) is 0 Å². The highest BCUT2D eigenvalue weighted by molar-refractivity contribution is 6.31. The summed E-state index contributed by atoms with van der Waals surface area (Å²) in [6, 6.07) is 6.68. The van der Waals surface area contributed by atoms with Crippen molar-refractivity contribution in [3.63, 3.8) is 0 Å². The number of unbranched alkanes of at least 4 members (excludes halogenated alkanes) is 1. The van der Waals surface area contributed by atoms with Gasteiger partial charge in [0.25, 0.3) is 0 Å². The summed E-state index contributed by atoms with van der Waals surface area (Å²) in [6.45, 7) is 0.786. The first-order valence-electron chi connectivity index (χ1n) is 7.29. The van der Waals surface area contributed by atoms with Crippen LogP contribution in [0.15, 0.2) is 18.2 Å². The fourth-order valence-corrected chi connectivity index (χ4v) is 3.30. The SMILES string of the molecule is NCCCCc1ccc(C2CCCCC2)c(Cl)c1. The second kappa shape index (κ2) is 7.16. The minimum atomic E-state index is 0.698. The maximum Gasteiger partial charge on any atom is 0.0443 e. The molecule has 2 rings (SSSR count). The summed E-state index contributed by atoms with van der Waals surface area (Å²) in [4.78, 5) is 0. The van der Waals surface area contributed by atoms with Crippen LogP contribution >= 0.6 is 11.6 Å². The number of hydrogen-bond acceptors (Lipinski definition) is 1. The Bertz CT molecular complexity index is 369. The highest BCUT2D eigenvalue weighted by Crippen LogP contribution is 2.36. The van der Waals surface area contributed by atoms with Crippen LogP contribution in [-0.4, -0.2) is 6.54 Å². The third kappa shape index (κ3) is 3.73.